The van der Waals surface area contributed by atoms with Crippen molar-refractivity contribution in [2.24, 2.45) is 0 Å². The molecule has 314 valence electrons. The third-order valence-corrected chi connectivity index (χ3v) is 9.23. The van der Waals surface area contributed by atoms with E-state index in [1.807, 2.05) is 0 Å². The van der Waals surface area contributed by atoms with Crippen LogP contribution in [0.4, 0.5) is 0 Å². The fourth-order valence-corrected chi connectivity index (χ4v) is 5.91. The molecule has 0 aliphatic heterocycles. The number of aliphatic carboxylic acids is 1. The molecule has 0 radical (unpaired) electrons. The number of ether oxygens (including phenoxy) is 1. The lowest BCUT2D eigenvalue weighted by Crippen LogP contribution is -2.47. The Morgan fingerprint density at radius 1 is 0.582 bits per heavy atom. The SMILES string of the molecule is CC/C=C\C/C=C\C/C=C\C/C=C\CCCCCCCCCCC(=O)OC(/C=C\CCCCCCC)CCCCCCC(=O)NCC(=O)NC(CO)C(=O)O. The van der Waals surface area contributed by atoms with Gasteiger partial charge in [0.05, 0.1) is 13.2 Å². The van der Waals surface area contributed by atoms with Crippen molar-refractivity contribution >= 4 is 23.8 Å². The van der Waals surface area contributed by atoms with Crippen LogP contribution in [0.3, 0.4) is 0 Å². The van der Waals surface area contributed by atoms with Gasteiger partial charge in [-0.05, 0) is 83.1 Å². The van der Waals surface area contributed by atoms with Gasteiger partial charge in [-0.1, -0.05) is 146 Å². The average Bonchev–Trinajstić information content (AvgIpc) is 3.17. The zero-order valence-electron chi connectivity index (χ0n) is 34.7. The highest BCUT2D eigenvalue weighted by molar-refractivity contribution is 5.87. The Morgan fingerprint density at radius 2 is 1.09 bits per heavy atom. The van der Waals surface area contributed by atoms with Gasteiger partial charge in [-0.25, -0.2) is 4.79 Å². The van der Waals surface area contributed by atoms with Crippen molar-refractivity contribution < 1.29 is 34.1 Å². The van der Waals surface area contributed by atoms with E-state index in [0.29, 0.717) is 12.8 Å². The first kappa shape index (κ1) is 51.5. The number of carbonyl (C=O) groups is 4. The molecule has 4 N–H and O–H groups in total. The van der Waals surface area contributed by atoms with E-state index in [1.54, 1.807) is 0 Å². The molecule has 0 heterocycles. The Morgan fingerprint density at radius 3 is 1.67 bits per heavy atom. The number of unbranched alkanes of at least 4 members (excludes halogenated alkanes) is 16. The maximum Gasteiger partial charge on any atom is 0.328 e. The van der Waals surface area contributed by atoms with E-state index in [9.17, 15) is 19.2 Å². The van der Waals surface area contributed by atoms with Gasteiger partial charge in [0, 0.05) is 12.8 Å². The van der Waals surface area contributed by atoms with E-state index in [0.717, 1.165) is 89.9 Å². The predicted octanol–water partition coefficient (Wildman–Crippen LogP) is 10.5. The molecule has 9 nitrogen and oxygen atoms in total. The molecule has 0 aliphatic rings. The van der Waals surface area contributed by atoms with E-state index in [4.69, 9.17) is 14.9 Å². The average molecular weight is 771 g/mol. The Kier molecular flexibility index (Phi) is 37.7. The van der Waals surface area contributed by atoms with Crippen LogP contribution in [0.5, 0.6) is 0 Å². The Hall–Kier alpha value is -3.46. The minimum Gasteiger partial charge on any atom is -0.480 e. The van der Waals surface area contributed by atoms with E-state index in [1.165, 1.54) is 57.8 Å². The first-order chi connectivity index (χ1) is 26.8. The second-order valence-corrected chi connectivity index (χ2v) is 14.4. The molecule has 0 saturated heterocycles. The maximum absolute atomic E-state index is 12.7. The van der Waals surface area contributed by atoms with Gasteiger partial charge in [0.1, 0.15) is 12.1 Å². The molecule has 2 unspecified atom stereocenters. The number of carboxylic acids is 1. The molecule has 0 aromatic rings. The van der Waals surface area contributed by atoms with E-state index in [2.05, 4.69) is 85.2 Å². The molecular formula is C46H78N2O7. The number of aliphatic hydroxyl groups excluding tert-OH is 1. The molecule has 55 heavy (non-hydrogen) atoms. The number of nitrogens with one attached hydrogen (secondary N) is 2. The summed E-state index contributed by atoms with van der Waals surface area (Å²) in [7, 11) is 0. The minimum atomic E-state index is -1.39. The number of carboxylic acid groups (broad SMARTS) is 1. The van der Waals surface area contributed by atoms with Crippen LogP contribution >= 0.6 is 0 Å². The molecule has 0 bridgehead atoms. The normalized spacial score (nSPS) is 13.1. The number of hydrogen-bond donors (Lipinski definition) is 4. The van der Waals surface area contributed by atoms with Crippen molar-refractivity contribution in [3.05, 3.63) is 60.8 Å². The van der Waals surface area contributed by atoms with Crippen LogP contribution in [0.2, 0.25) is 0 Å². The molecule has 0 saturated carbocycles. The van der Waals surface area contributed by atoms with Gasteiger partial charge in [0.15, 0.2) is 0 Å². The van der Waals surface area contributed by atoms with Crippen LogP contribution in [0.15, 0.2) is 60.8 Å². The largest absolute Gasteiger partial charge is 0.480 e. The van der Waals surface area contributed by atoms with Gasteiger partial charge >= 0.3 is 11.9 Å². The highest BCUT2D eigenvalue weighted by atomic mass is 16.5. The van der Waals surface area contributed by atoms with E-state index in [-0.39, 0.29) is 30.9 Å². The highest BCUT2D eigenvalue weighted by Gasteiger charge is 2.18. The fourth-order valence-electron chi connectivity index (χ4n) is 5.91. The topological polar surface area (TPSA) is 142 Å². The molecule has 9 heteroatoms. The lowest BCUT2D eigenvalue weighted by atomic mass is 10.1. The number of allylic oxidation sites excluding steroid dienone is 9. The number of carbonyl (C=O) groups excluding carboxylic acids is 3. The smallest absolute Gasteiger partial charge is 0.328 e. The molecule has 2 amide bonds. The van der Waals surface area contributed by atoms with Crippen molar-refractivity contribution in [3.8, 4) is 0 Å². The quantitative estimate of drug-likeness (QED) is 0.0278. The van der Waals surface area contributed by atoms with E-state index >= 15 is 0 Å². The zero-order valence-corrected chi connectivity index (χ0v) is 34.7. The van der Waals surface area contributed by atoms with Gasteiger partial charge < -0.3 is 25.6 Å². The maximum atomic E-state index is 12.7. The summed E-state index contributed by atoms with van der Waals surface area (Å²) < 4.78 is 5.89. The Bertz CT molecular complexity index is 1110. The Labute approximate surface area is 334 Å². The summed E-state index contributed by atoms with van der Waals surface area (Å²) in [6.07, 6.45) is 48.4. The van der Waals surface area contributed by atoms with Crippen LogP contribution in [-0.4, -0.2) is 59.3 Å². The fraction of sp³-hybridized carbons (Fsp3) is 0.696. The van der Waals surface area contributed by atoms with Crippen molar-refractivity contribution in [1.29, 1.82) is 0 Å². The first-order valence-electron chi connectivity index (χ1n) is 21.7. The molecule has 2 atom stereocenters. The van der Waals surface area contributed by atoms with Crippen LogP contribution < -0.4 is 10.6 Å². The number of esters is 1. The summed E-state index contributed by atoms with van der Waals surface area (Å²) >= 11 is 0. The van der Waals surface area contributed by atoms with Gasteiger partial charge in [-0.2, -0.15) is 0 Å². The summed E-state index contributed by atoms with van der Waals surface area (Å²) in [4.78, 5) is 47.5. The summed E-state index contributed by atoms with van der Waals surface area (Å²) in [5.74, 6) is -2.41. The number of aliphatic hydroxyl groups is 1. The van der Waals surface area contributed by atoms with Crippen molar-refractivity contribution in [3.63, 3.8) is 0 Å². The van der Waals surface area contributed by atoms with Crippen LogP contribution in [-0.2, 0) is 23.9 Å². The molecule has 0 aromatic carbocycles. The third kappa shape index (κ3) is 37.2. The van der Waals surface area contributed by atoms with Crippen molar-refractivity contribution in [2.45, 2.75) is 193 Å². The van der Waals surface area contributed by atoms with Crippen LogP contribution in [0, 0.1) is 0 Å². The van der Waals surface area contributed by atoms with Crippen molar-refractivity contribution in [2.75, 3.05) is 13.2 Å². The van der Waals surface area contributed by atoms with Crippen LogP contribution in [0.1, 0.15) is 181 Å². The molecule has 0 spiro atoms. The van der Waals surface area contributed by atoms with Gasteiger partial charge in [-0.15, -0.1) is 0 Å². The summed E-state index contributed by atoms with van der Waals surface area (Å²) in [6, 6.07) is -1.39. The zero-order chi connectivity index (χ0) is 40.5. The lowest BCUT2D eigenvalue weighted by Gasteiger charge is -2.15. The molecule has 0 aromatic heterocycles. The minimum absolute atomic E-state index is 0.122. The first-order valence-corrected chi connectivity index (χ1v) is 21.7. The van der Waals surface area contributed by atoms with E-state index < -0.39 is 24.5 Å². The monoisotopic (exact) mass is 771 g/mol. The summed E-state index contributed by atoms with van der Waals surface area (Å²) in [5.41, 5.74) is 0. The lowest BCUT2D eigenvalue weighted by molar-refractivity contribution is -0.147. The summed E-state index contributed by atoms with van der Waals surface area (Å²) in [5, 5.41) is 22.5. The standard InChI is InChI=1S/C46H78N2O7/c1-3-5-7-9-11-12-13-14-15-16-17-18-19-20-21-22-23-24-26-28-34-38-45(52)55-41(35-31-27-25-10-8-6-4-2)36-32-29-30-33-37-43(50)47-39-44(51)48-42(40-49)46(53)54/h5,7,11-12,14-15,17-18,31,35,41-42,49H,3-4,6,8-10,13,16,19-30,32-34,36-40H2,1-2H3,(H,47,50)(H,48,51)(H,53,54)/b7-5-,12-11-,15-14-,18-17-,35-31-. The van der Waals surface area contributed by atoms with Gasteiger partial charge in [-0.3, -0.25) is 14.4 Å². The van der Waals surface area contributed by atoms with Crippen LogP contribution in [0.25, 0.3) is 0 Å². The molecule has 0 fully saturated rings. The predicted molar refractivity (Wildman–Crippen MR) is 227 cm³/mol. The van der Waals surface area contributed by atoms with Gasteiger partial charge in [0.2, 0.25) is 11.8 Å². The molecule has 0 aliphatic carbocycles. The van der Waals surface area contributed by atoms with Crippen molar-refractivity contribution in [1.82, 2.24) is 10.6 Å². The summed E-state index contributed by atoms with van der Waals surface area (Å²) in [6.45, 7) is 3.31. The number of rotatable bonds is 38. The number of hydrogen-bond acceptors (Lipinski definition) is 6. The molecular weight excluding hydrogens is 693 g/mol. The highest BCUT2D eigenvalue weighted by Crippen LogP contribution is 2.15. The molecule has 0 rings (SSSR count). The second kappa shape index (κ2) is 40.2. The van der Waals surface area contributed by atoms with Gasteiger partial charge in [0.25, 0.3) is 0 Å². The number of amides is 2. The Balaban J connectivity index is 4.17. The second-order valence-electron chi connectivity index (χ2n) is 14.4. The third-order valence-electron chi connectivity index (χ3n) is 9.23.